The SMILES string of the molecule is Cc1ccc(C(=O)CCC(=O)NCCc2cccs2)cc1. The van der Waals surface area contributed by atoms with E-state index in [1.54, 1.807) is 11.3 Å². The van der Waals surface area contributed by atoms with Gasteiger partial charge in [0.25, 0.3) is 0 Å². The normalized spacial score (nSPS) is 10.3. The summed E-state index contributed by atoms with van der Waals surface area (Å²) in [5.41, 5.74) is 1.80. The Morgan fingerprint density at radius 2 is 1.86 bits per heavy atom. The third-order valence-corrected chi connectivity index (χ3v) is 4.16. The van der Waals surface area contributed by atoms with E-state index in [1.807, 2.05) is 42.6 Å². The highest BCUT2D eigenvalue weighted by molar-refractivity contribution is 7.09. The van der Waals surface area contributed by atoms with Gasteiger partial charge in [0.05, 0.1) is 0 Å². The molecule has 4 heteroatoms. The predicted molar refractivity (Wildman–Crippen MR) is 85.8 cm³/mol. The second-order valence-corrected chi connectivity index (χ2v) is 6.00. The molecule has 0 fully saturated rings. The van der Waals surface area contributed by atoms with Crippen LogP contribution in [-0.4, -0.2) is 18.2 Å². The standard InChI is InChI=1S/C17H19NO2S/c1-13-4-6-14(7-5-13)16(19)8-9-17(20)18-11-10-15-3-2-12-21-15/h2-7,12H,8-11H2,1H3,(H,18,20). The molecule has 1 amide bonds. The molecule has 1 aromatic heterocycles. The molecule has 0 aliphatic rings. The molecule has 21 heavy (non-hydrogen) atoms. The maximum Gasteiger partial charge on any atom is 0.220 e. The predicted octanol–water partition coefficient (Wildman–Crippen LogP) is 3.38. The molecule has 110 valence electrons. The van der Waals surface area contributed by atoms with Crippen molar-refractivity contribution >= 4 is 23.0 Å². The van der Waals surface area contributed by atoms with Gasteiger partial charge in [0.2, 0.25) is 5.91 Å². The molecule has 3 nitrogen and oxygen atoms in total. The van der Waals surface area contributed by atoms with Crippen LogP contribution in [0.1, 0.15) is 33.6 Å². The summed E-state index contributed by atoms with van der Waals surface area (Å²) in [4.78, 5) is 24.9. The zero-order chi connectivity index (χ0) is 15.1. The molecule has 0 bridgehead atoms. The van der Waals surface area contributed by atoms with Crippen LogP contribution in [0, 0.1) is 6.92 Å². The summed E-state index contributed by atoms with van der Waals surface area (Å²) >= 11 is 1.69. The first-order chi connectivity index (χ1) is 10.1. The summed E-state index contributed by atoms with van der Waals surface area (Å²) in [6.45, 7) is 2.60. The van der Waals surface area contributed by atoms with Crippen molar-refractivity contribution in [1.29, 1.82) is 0 Å². The fourth-order valence-corrected chi connectivity index (χ4v) is 2.69. The van der Waals surface area contributed by atoms with Gasteiger partial charge in [0.15, 0.2) is 5.78 Å². The van der Waals surface area contributed by atoms with E-state index in [0.717, 1.165) is 12.0 Å². The number of nitrogens with one attached hydrogen (secondary N) is 1. The molecule has 0 saturated carbocycles. The third kappa shape index (κ3) is 5.16. The summed E-state index contributed by atoms with van der Waals surface area (Å²) in [7, 11) is 0. The fourth-order valence-electron chi connectivity index (χ4n) is 1.98. The minimum atomic E-state index is -0.0629. The molecule has 0 radical (unpaired) electrons. The van der Waals surface area contributed by atoms with Gasteiger partial charge >= 0.3 is 0 Å². The number of carbonyl (C=O) groups is 2. The average molecular weight is 301 g/mol. The summed E-state index contributed by atoms with van der Waals surface area (Å²) in [6.07, 6.45) is 1.35. The second kappa shape index (κ2) is 7.74. The van der Waals surface area contributed by atoms with Crippen molar-refractivity contribution in [3.05, 3.63) is 57.8 Å². The van der Waals surface area contributed by atoms with E-state index in [0.29, 0.717) is 12.1 Å². The maximum atomic E-state index is 11.9. The average Bonchev–Trinajstić information content (AvgIpc) is 2.99. The highest BCUT2D eigenvalue weighted by atomic mass is 32.1. The Bertz CT molecular complexity index is 588. The number of benzene rings is 1. The van der Waals surface area contributed by atoms with Crippen molar-refractivity contribution in [2.75, 3.05) is 6.54 Å². The van der Waals surface area contributed by atoms with E-state index >= 15 is 0 Å². The topological polar surface area (TPSA) is 46.2 Å². The summed E-state index contributed by atoms with van der Waals surface area (Å²) in [5.74, 6) is -0.0459. The lowest BCUT2D eigenvalue weighted by Crippen LogP contribution is -2.25. The van der Waals surface area contributed by atoms with Crippen molar-refractivity contribution in [3.8, 4) is 0 Å². The maximum absolute atomic E-state index is 11.9. The van der Waals surface area contributed by atoms with Gasteiger partial charge in [-0.3, -0.25) is 9.59 Å². The number of amides is 1. The molecule has 1 heterocycles. The Balaban J connectivity index is 1.68. The minimum absolute atomic E-state index is 0.0170. The Morgan fingerprint density at radius 1 is 1.10 bits per heavy atom. The highest BCUT2D eigenvalue weighted by Gasteiger charge is 2.09. The largest absolute Gasteiger partial charge is 0.356 e. The van der Waals surface area contributed by atoms with E-state index < -0.39 is 0 Å². The van der Waals surface area contributed by atoms with Crippen LogP contribution in [0.3, 0.4) is 0 Å². The molecule has 0 unspecified atom stereocenters. The van der Waals surface area contributed by atoms with Crippen molar-refractivity contribution in [1.82, 2.24) is 5.32 Å². The van der Waals surface area contributed by atoms with Gasteiger partial charge in [-0.1, -0.05) is 35.9 Å². The Hall–Kier alpha value is -1.94. The number of ketones is 1. The van der Waals surface area contributed by atoms with E-state index in [2.05, 4.69) is 11.4 Å². The monoisotopic (exact) mass is 301 g/mol. The number of hydrogen-bond acceptors (Lipinski definition) is 3. The van der Waals surface area contributed by atoms with Crippen LogP contribution in [0.5, 0.6) is 0 Å². The van der Waals surface area contributed by atoms with Crippen LogP contribution >= 0.6 is 11.3 Å². The van der Waals surface area contributed by atoms with Crippen LogP contribution in [-0.2, 0) is 11.2 Å². The third-order valence-electron chi connectivity index (χ3n) is 3.23. The summed E-state index contributed by atoms with van der Waals surface area (Å²) in [5, 5.41) is 4.88. The van der Waals surface area contributed by atoms with Crippen LogP contribution in [0.4, 0.5) is 0 Å². The molecule has 1 N–H and O–H groups in total. The number of rotatable bonds is 7. The first-order valence-corrected chi connectivity index (χ1v) is 7.92. The van der Waals surface area contributed by atoms with Crippen LogP contribution in [0.15, 0.2) is 41.8 Å². The van der Waals surface area contributed by atoms with Gasteiger partial charge < -0.3 is 5.32 Å². The van der Waals surface area contributed by atoms with Gasteiger partial charge in [-0.2, -0.15) is 0 Å². The van der Waals surface area contributed by atoms with Gasteiger partial charge in [-0.05, 0) is 24.8 Å². The Labute approximate surface area is 129 Å². The molecule has 0 saturated heterocycles. The Morgan fingerprint density at radius 3 is 2.52 bits per heavy atom. The molecule has 1 aromatic carbocycles. The summed E-state index contributed by atoms with van der Waals surface area (Å²) in [6, 6.07) is 11.5. The van der Waals surface area contributed by atoms with Crippen molar-refractivity contribution in [2.24, 2.45) is 0 Å². The number of carbonyl (C=O) groups excluding carboxylic acids is 2. The first-order valence-electron chi connectivity index (χ1n) is 7.04. The Kier molecular flexibility index (Phi) is 5.69. The lowest BCUT2D eigenvalue weighted by molar-refractivity contribution is -0.121. The molecule has 2 aromatic rings. The van der Waals surface area contributed by atoms with E-state index in [9.17, 15) is 9.59 Å². The van der Waals surface area contributed by atoms with Crippen molar-refractivity contribution in [3.63, 3.8) is 0 Å². The van der Waals surface area contributed by atoms with Crippen LogP contribution < -0.4 is 5.32 Å². The molecule has 0 aliphatic carbocycles. The quantitative estimate of drug-likeness (QED) is 0.797. The van der Waals surface area contributed by atoms with E-state index in [4.69, 9.17) is 0 Å². The van der Waals surface area contributed by atoms with Crippen molar-refractivity contribution < 1.29 is 9.59 Å². The smallest absolute Gasteiger partial charge is 0.220 e. The number of hydrogen-bond donors (Lipinski definition) is 1. The fraction of sp³-hybridized carbons (Fsp3) is 0.294. The molecule has 2 rings (SSSR count). The van der Waals surface area contributed by atoms with E-state index in [-0.39, 0.29) is 24.5 Å². The molecule has 0 atom stereocenters. The van der Waals surface area contributed by atoms with Gasteiger partial charge in [-0.15, -0.1) is 11.3 Å². The van der Waals surface area contributed by atoms with Gasteiger partial charge in [-0.25, -0.2) is 0 Å². The molecular formula is C17H19NO2S. The molecule has 0 spiro atoms. The van der Waals surface area contributed by atoms with E-state index in [1.165, 1.54) is 4.88 Å². The zero-order valence-electron chi connectivity index (χ0n) is 12.1. The number of aryl methyl sites for hydroxylation is 1. The lowest BCUT2D eigenvalue weighted by Gasteiger charge is -2.04. The molecule has 0 aliphatic heterocycles. The minimum Gasteiger partial charge on any atom is -0.356 e. The summed E-state index contributed by atoms with van der Waals surface area (Å²) < 4.78 is 0. The molecular weight excluding hydrogens is 282 g/mol. The second-order valence-electron chi connectivity index (χ2n) is 4.97. The number of thiophene rings is 1. The van der Waals surface area contributed by atoms with Gasteiger partial charge in [0.1, 0.15) is 0 Å². The first kappa shape index (κ1) is 15.4. The van der Waals surface area contributed by atoms with Crippen molar-refractivity contribution in [2.45, 2.75) is 26.2 Å². The van der Waals surface area contributed by atoms with Crippen LogP contribution in [0.25, 0.3) is 0 Å². The highest BCUT2D eigenvalue weighted by Crippen LogP contribution is 2.09. The van der Waals surface area contributed by atoms with Crippen LogP contribution in [0.2, 0.25) is 0 Å². The van der Waals surface area contributed by atoms with Gasteiger partial charge in [0, 0.05) is 29.8 Å². The lowest BCUT2D eigenvalue weighted by atomic mass is 10.1. The zero-order valence-corrected chi connectivity index (χ0v) is 12.9. The number of Topliss-reactive ketones (excluding diaryl/α,β-unsaturated/α-hetero) is 1.